The van der Waals surface area contributed by atoms with Gasteiger partial charge in [0.1, 0.15) is 0 Å². The summed E-state index contributed by atoms with van der Waals surface area (Å²) in [5.74, 6) is 0. The Morgan fingerprint density at radius 2 is 1.79 bits per heavy atom. The molecule has 0 aliphatic rings. The van der Waals surface area contributed by atoms with Crippen molar-refractivity contribution in [2.45, 2.75) is 13.2 Å². The number of benzene rings is 2. The standard InChI is InChI=1S/C15H15ClINO/c1-19-10-12-4-2-11(3-5-12)9-18-15-7-6-13(17)8-14(15)16/h2-8,18H,9-10H2,1H3. The van der Waals surface area contributed by atoms with E-state index in [4.69, 9.17) is 16.3 Å². The number of hydrogen-bond donors (Lipinski definition) is 1. The van der Waals surface area contributed by atoms with Crippen molar-refractivity contribution in [1.29, 1.82) is 0 Å². The lowest BCUT2D eigenvalue weighted by Gasteiger charge is -2.09. The molecule has 0 aromatic heterocycles. The number of methoxy groups -OCH3 is 1. The molecule has 0 heterocycles. The highest BCUT2D eigenvalue weighted by atomic mass is 127. The molecule has 19 heavy (non-hydrogen) atoms. The highest BCUT2D eigenvalue weighted by molar-refractivity contribution is 14.1. The van der Waals surface area contributed by atoms with Gasteiger partial charge in [-0.15, -0.1) is 0 Å². The fourth-order valence-corrected chi connectivity index (χ4v) is 2.67. The highest BCUT2D eigenvalue weighted by Crippen LogP contribution is 2.24. The zero-order valence-electron chi connectivity index (χ0n) is 10.6. The lowest BCUT2D eigenvalue weighted by atomic mass is 10.1. The third-order valence-electron chi connectivity index (χ3n) is 2.75. The molecule has 0 aliphatic heterocycles. The molecule has 0 atom stereocenters. The molecule has 0 spiro atoms. The lowest BCUT2D eigenvalue weighted by molar-refractivity contribution is 0.185. The number of ether oxygens (including phenoxy) is 1. The molecule has 2 rings (SSSR count). The molecule has 2 nitrogen and oxygen atoms in total. The maximum atomic E-state index is 6.18. The van der Waals surface area contributed by atoms with Crippen LogP contribution in [-0.2, 0) is 17.9 Å². The zero-order valence-corrected chi connectivity index (χ0v) is 13.5. The second-order valence-corrected chi connectivity index (χ2v) is 5.88. The van der Waals surface area contributed by atoms with E-state index in [1.807, 2.05) is 18.2 Å². The molecule has 0 fully saturated rings. The molecule has 0 saturated heterocycles. The van der Waals surface area contributed by atoms with Crippen LogP contribution in [0.4, 0.5) is 5.69 Å². The maximum absolute atomic E-state index is 6.18. The molecule has 2 aromatic carbocycles. The summed E-state index contributed by atoms with van der Waals surface area (Å²) in [5, 5.41) is 4.09. The largest absolute Gasteiger partial charge is 0.380 e. The average Bonchev–Trinajstić information content (AvgIpc) is 2.40. The first-order valence-electron chi connectivity index (χ1n) is 5.94. The smallest absolute Gasteiger partial charge is 0.0713 e. The molecule has 0 saturated carbocycles. The Morgan fingerprint density at radius 3 is 2.42 bits per heavy atom. The first-order valence-corrected chi connectivity index (χ1v) is 7.40. The molecule has 0 aliphatic carbocycles. The number of rotatable bonds is 5. The van der Waals surface area contributed by atoms with Gasteiger partial charge in [-0.3, -0.25) is 0 Å². The van der Waals surface area contributed by atoms with Crippen LogP contribution < -0.4 is 5.32 Å². The van der Waals surface area contributed by atoms with Crippen molar-refractivity contribution in [1.82, 2.24) is 0 Å². The van der Waals surface area contributed by atoms with Gasteiger partial charge in [0.25, 0.3) is 0 Å². The van der Waals surface area contributed by atoms with Gasteiger partial charge in [-0.05, 0) is 51.9 Å². The minimum atomic E-state index is 0.649. The predicted molar refractivity (Wildman–Crippen MR) is 88.7 cm³/mol. The van der Waals surface area contributed by atoms with Crippen LogP contribution in [0.25, 0.3) is 0 Å². The fraction of sp³-hybridized carbons (Fsp3) is 0.200. The van der Waals surface area contributed by atoms with Gasteiger partial charge in [-0.2, -0.15) is 0 Å². The molecule has 1 N–H and O–H groups in total. The van der Waals surface area contributed by atoms with Gasteiger partial charge in [0, 0.05) is 17.2 Å². The van der Waals surface area contributed by atoms with Gasteiger partial charge < -0.3 is 10.1 Å². The molecule has 100 valence electrons. The SMILES string of the molecule is COCc1ccc(CNc2ccc(I)cc2Cl)cc1. The first kappa shape index (κ1) is 14.6. The monoisotopic (exact) mass is 387 g/mol. The van der Waals surface area contributed by atoms with Crippen LogP contribution in [-0.4, -0.2) is 7.11 Å². The number of nitrogens with one attached hydrogen (secondary N) is 1. The summed E-state index contributed by atoms with van der Waals surface area (Å²) in [7, 11) is 1.70. The summed E-state index contributed by atoms with van der Waals surface area (Å²) >= 11 is 8.43. The highest BCUT2D eigenvalue weighted by Gasteiger charge is 2.01. The van der Waals surface area contributed by atoms with Crippen molar-refractivity contribution in [2.24, 2.45) is 0 Å². The van der Waals surface area contributed by atoms with Crippen LogP contribution in [0.2, 0.25) is 5.02 Å². The summed E-state index contributed by atoms with van der Waals surface area (Å²) in [6.45, 7) is 1.41. The molecular weight excluding hydrogens is 373 g/mol. The molecule has 0 amide bonds. The van der Waals surface area contributed by atoms with Gasteiger partial charge in [0.2, 0.25) is 0 Å². The second-order valence-electron chi connectivity index (χ2n) is 4.23. The first-order chi connectivity index (χ1) is 9.19. The summed E-state index contributed by atoms with van der Waals surface area (Å²) < 4.78 is 6.23. The molecular formula is C15H15ClINO. The van der Waals surface area contributed by atoms with Crippen LogP contribution in [0, 0.1) is 3.57 Å². The van der Waals surface area contributed by atoms with Crippen molar-refractivity contribution in [2.75, 3.05) is 12.4 Å². The van der Waals surface area contributed by atoms with E-state index in [1.54, 1.807) is 7.11 Å². The minimum absolute atomic E-state index is 0.649. The topological polar surface area (TPSA) is 21.3 Å². The van der Waals surface area contributed by atoms with E-state index in [0.717, 1.165) is 20.8 Å². The third-order valence-corrected chi connectivity index (χ3v) is 3.73. The van der Waals surface area contributed by atoms with Gasteiger partial charge in [-0.25, -0.2) is 0 Å². The summed E-state index contributed by atoms with van der Waals surface area (Å²) in [4.78, 5) is 0. The Balaban J connectivity index is 1.98. The summed E-state index contributed by atoms with van der Waals surface area (Å²) in [6.07, 6.45) is 0. The molecule has 0 bridgehead atoms. The Morgan fingerprint density at radius 1 is 1.11 bits per heavy atom. The normalized spacial score (nSPS) is 10.5. The van der Waals surface area contributed by atoms with Crippen molar-refractivity contribution in [3.8, 4) is 0 Å². The third kappa shape index (κ3) is 4.37. The lowest BCUT2D eigenvalue weighted by Crippen LogP contribution is -2.00. The Bertz CT molecular complexity index is 542. The summed E-state index contributed by atoms with van der Waals surface area (Å²) in [5.41, 5.74) is 3.36. The summed E-state index contributed by atoms with van der Waals surface area (Å²) in [6, 6.07) is 14.3. The Hall–Kier alpha value is -0.780. The number of hydrogen-bond acceptors (Lipinski definition) is 2. The van der Waals surface area contributed by atoms with Crippen molar-refractivity contribution < 1.29 is 4.74 Å². The van der Waals surface area contributed by atoms with Crippen molar-refractivity contribution in [3.63, 3.8) is 0 Å². The van der Waals surface area contributed by atoms with Crippen molar-refractivity contribution in [3.05, 3.63) is 62.2 Å². The van der Waals surface area contributed by atoms with Crippen LogP contribution in [0.15, 0.2) is 42.5 Å². The van der Waals surface area contributed by atoms with E-state index in [1.165, 1.54) is 11.1 Å². The van der Waals surface area contributed by atoms with E-state index >= 15 is 0 Å². The predicted octanol–water partition coefficient (Wildman–Crippen LogP) is 4.70. The zero-order chi connectivity index (χ0) is 13.7. The minimum Gasteiger partial charge on any atom is -0.380 e. The average molecular weight is 388 g/mol. The van der Waals surface area contributed by atoms with Crippen molar-refractivity contribution >= 4 is 39.9 Å². The second kappa shape index (κ2) is 7.12. The van der Waals surface area contributed by atoms with E-state index in [-0.39, 0.29) is 0 Å². The Labute approximate surface area is 132 Å². The van der Waals surface area contributed by atoms with E-state index < -0.39 is 0 Å². The van der Waals surface area contributed by atoms with Gasteiger partial charge in [-0.1, -0.05) is 35.9 Å². The van der Waals surface area contributed by atoms with Gasteiger partial charge in [0.05, 0.1) is 17.3 Å². The van der Waals surface area contributed by atoms with E-state index in [2.05, 4.69) is 52.2 Å². The van der Waals surface area contributed by atoms with Crippen LogP contribution in [0.1, 0.15) is 11.1 Å². The fourth-order valence-electron chi connectivity index (χ4n) is 1.75. The maximum Gasteiger partial charge on any atom is 0.0713 e. The van der Waals surface area contributed by atoms with E-state index in [0.29, 0.717) is 6.61 Å². The number of halogens is 2. The van der Waals surface area contributed by atoms with Crippen LogP contribution in [0.5, 0.6) is 0 Å². The number of anilines is 1. The van der Waals surface area contributed by atoms with Crippen LogP contribution in [0.3, 0.4) is 0 Å². The molecule has 0 radical (unpaired) electrons. The quantitative estimate of drug-likeness (QED) is 0.751. The molecule has 2 aromatic rings. The van der Waals surface area contributed by atoms with E-state index in [9.17, 15) is 0 Å². The Kier molecular flexibility index (Phi) is 5.48. The molecule has 0 unspecified atom stereocenters. The molecule has 4 heteroatoms. The van der Waals surface area contributed by atoms with Crippen LogP contribution >= 0.6 is 34.2 Å². The van der Waals surface area contributed by atoms with Gasteiger partial charge in [0.15, 0.2) is 0 Å². The van der Waals surface area contributed by atoms with Gasteiger partial charge >= 0.3 is 0 Å².